The van der Waals surface area contributed by atoms with Crippen LogP contribution in [0.2, 0.25) is 0 Å². The van der Waals surface area contributed by atoms with Gasteiger partial charge in [-0.25, -0.2) is 9.59 Å². The average molecular weight is 538 g/mol. The highest BCUT2D eigenvalue weighted by atomic mass is 16.5. The third kappa shape index (κ3) is 4.90. The minimum Gasteiger partial charge on any atom is -0.457 e. The molecule has 0 bridgehead atoms. The fraction of sp³-hybridized carbons (Fsp3) is 0.0556. The van der Waals surface area contributed by atoms with Crippen LogP contribution in [0.1, 0.15) is 12.5 Å². The molecule has 0 saturated carbocycles. The number of carbonyl (C=O) groups excluding carboxylic acids is 2. The summed E-state index contributed by atoms with van der Waals surface area (Å²) in [7, 11) is 0. The first-order valence-corrected chi connectivity index (χ1v) is 13.3. The van der Waals surface area contributed by atoms with Gasteiger partial charge in [-0.2, -0.15) is 0 Å². The first kappa shape index (κ1) is 25.8. The third-order valence-electron chi connectivity index (χ3n) is 7.14. The minimum atomic E-state index is -0.510. The summed E-state index contributed by atoms with van der Waals surface area (Å²) in [5, 5.41) is 7.15. The van der Waals surface area contributed by atoms with Crippen LogP contribution >= 0.6 is 0 Å². The van der Waals surface area contributed by atoms with Crippen molar-refractivity contribution in [2.24, 2.45) is 0 Å². The van der Waals surface area contributed by atoms with Gasteiger partial charge in [0.1, 0.15) is 12.4 Å². The van der Waals surface area contributed by atoms with E-state index in [0.717, 1.165) is 34.1 Å². The Hall–Kier alpha value is -5.42. The van der Waals surface area contributed by atoms with E-state index in [9.17, 15) is 9.59 Å². The fourth-order valence-corrected chi connectivity index (χ4v) is 5.18. The molecule has 0 N–H and O–H groups in total. The zero-order valence-electron chi connectivity index (χ0n) is 22.6. The Morgan fingerprint density at radius 2 is 1.34 bits per heavy atom. The maximum atomic E-state index is 11.9. The number of ether oxygens (including phenoxy) is 2. The first-order valence-electron chi connectivity index (χ1n) is 13.3. The number of esters is 2. The molecule has 6 aromatic carbocycles. The smallest absolute Gasteiger partial charge is 0.335 e. The molecule has 0 atom stereocenters. The van der Waals surface area contributed by atoms with Crippen LogP contribution in [0.25, 0.3) is 32.3 Å². The summed E-state index contributed by atoms with van der Waals surface area (Å²) in [6, 6.07) is 34.7. The Bertz CT molecular complexity index is 1920. The highest BCUT2D eigenvalue weighted by molar-refractivity contribution is 6.25. The average Bonchev–Trinajstić information content (AvgIpc) is 3.00. The molecule has 0 saturated heterocycles. The van der Waals surface area contributed by atoms with Gasteiger partial charge in [-0.3, -0.25) is 0 Å². The molecule has 0 aromatic heterocycles. The second kappa shape index (κ2) is 10.6. The Morgan fingerprint density at radius 1 is 0.756 bits per heavy atom. The summed E-state index contributed by atoms with van der Waals surface area (Å²) in [4.78, 5) is 25.8. The van der Waals surface area contributed by atoms with Crippen molar-refractivity contribution >= 4 is 61.3 Å². The number of rotatable bonds is 8. The van der Waals surface area contributed by atoms with Crippen LogP contribution < -0.4 is 9.64 Å². The Morgan fingerprint density at radius 3 is 1.98 bits per heavy atom. The summed E-state index contributed by atoms with van der Waals surface area (Å²) in [5.74, 6) is -0.491. The second-order valence-electron chi connectivity index (χ2n) is 9.92. The second-order valence-corrected chi connectivity index (χ2v) is 9.92. The molecule has 200 valence electrons. The molecule has 0 amide bonds. The quantitative estimate of drug-likeness (QED) is 0.0841. The normalized spacial score (nSPS) is 11.0. The maximum absolute atomic E-state index is 11.9. The summed E-state index contributed by atoms with van der Waals surface area (Å²) >= 11 is 0. The fourth-order valence-electron chi connectivity index (χ4n) is 5.18. The largest absolute Gasteiger partial charge is 0.457 e. The zero-order valence-corrected chi connectivity index (χ0v) is 22.6. The van der Waals surface area contributed by atoms with Gasteiger partial charge < -0.3 is 14.4 Å². The van der Waals surface area contributed by atoms with Gasteiger partial charge in [0.05, 0.1) is 5.69 Å². The SMILES string of the molecule is C=CC(=O)Oc1ccc(N(c2ccc(COC(=O)C(=C)C)cc2)c2ccc3ccc4cccc5ccc2c3c45)cc1. The van der Waals surface area contributed by atoms with Gasteiger partial charge in [0.2, 0.25) is 0 Å². The van der Waals surface area contributed by atoms with Gasteiger partial charge in [0.25, 0.3) is 0 Å². The van der Waals surface area contributed by atoms with E-state index in [1.165, 1.54) is 26.9 Å². The lowest BCUT2D eigenvalue weighted by Crippen LogP contribution is -2.11. The van der Waals surface area contributed by atoms with E-state index in [4.69, 9.17) is 9.47 Å². The molecular weight excluding hydrogens is 510 g/mol. The highest BCUT2D eigenvalue weighted by Gasteiger charge is 2.19. The number of benzene rings is 6. The van der Waals surface area contributed by atoms with E-state index in [0.29, 0.717) is 11.3 Å². The van der Waals surface area contributed by atoms with Crippen LogP contribution in [0.3, 0.4) is 0 Å². The lowest BCUT2D eigenvalue weighted by Gasteiger charge is -2.28. The molecule has 0 aliphatic carbocycles. The van der Waals surface area contributed by atoms with E-state index in [2.05, 4.69) is 72.7 Å². The monoisotopic (exact) mass is 537 g/mol. The van der Waals surface area contributed by atoms with Crippen LogP contribution in [0.4, 0.5) is 17.1 Å². The van der Waals surface area contributed by atoms with E-state index in [-0.39, 0.29) is 6.61 Å². The molecule has 5 nitrogen and oxygen atoms in total. The first-order chi connectivity index (χ1) is 19.9. The van der Waals surface area contributed by atoms with Gasteiger partial charge in [-0.05, 0) is 81.9 Å². The summed E-state index contributed by atoms with van der Waals surface area (Å²) < 4.78 is 10.6. The van der Waals surface area contributed by atoms with Crippen LogP contribution in [-0.4, -0.2) is 11.9 Å². The molecule has 0 fully saturated rings. The Balaban J connectivity index is 1.48. The molecule has 6 aromatic rings. The lowest BCUT2D eigenvalue weighted by atomic mass is 9.93. The summed E-state index contributed by atoms with van der Waals surface area (Å²) in [5.41, 5.74) is 4.05. The van der Waals surface area contributed by atoms with E-state index in [1.807, 2.05) is 36.4 Å². The molecular formula is C36H27NO4. The predicted octanol–water partition coefficient (Wildman–Crippen LogP) is 8.76. The van der Waals surface area contributed by atoms with Crippen molar-refractivity contribution < 1.29 is 19.1 Å². The number of hydrogen-bond acceptors (Lipinski definition) is 5. The molecule has 0 unspecified atom stereocenters. The molecule has 0 aliphatic rings. The van der Waals surface area contributed by atoms with Crippen molar-refractivity contribution in [2.45, 2.75) is 13.5 Å². The minimum absolute atomic E-state index is 0.161. The lowest BCUT2D eigenvalue weighted by molar-refractivity contribution is -0.140. The van der Waals surface area contributed by atoms with Gasteiger partial charge in [0, 0.05) is 28.4 Å². The zero-order chi connectivity index (χ0) is 28.5. The molecule has 0 aliphatic heterocycles. The van der Waals surface area contributed by atoms with Crippen molar-refractivity contribution in [1.29, 1.82) is 0 Å². The van der Waals surface area contributed by atoms with E-state index < -0.39 is 11.9 Å². The van der Waals surface area contributed by atoms with Crippen molar-refractivity contribution in [3.05, 3.63) is 133 Å². The van der Waals surface area contributed by atoms with Crippen LogP contribution in [0.5, 0.6) is 5.75 Å². The van der Waals surface area contributed by atoms with Gasteiger partial charge in [0.15, 0.2) is 0 Å². The topological polar surface area (TPSA) is 55.8 Å². The molecule has 41 heavy (non-hydrogen) atoms. The van der Waals surface area contributed by atoms with Crippen molar-refractivity contribution in [1.82, 2.24) is 0 Å². The molecule has 5 heteroatoms. The summed E-state index contributed by atoms with van der Waals surface area (Å²) in [6.45, 7) is 8.90. The number of carbonyl (C=O) groups is 2. The predicted molar refractivity (Wildman–Crippen MR) is 165 cm³/mol. The molecule has 0 radical (unpaired) electrons. The highest BCUT2D eigenvalue weighted by Crippen LogP contribution is 2.44. The van der Waals surface area contributed by atoms with Gasteiger partial charge in [-0.1, -0.05) is 73.8 Å². The third-order valence-corrected chi connectivity index (χ3v) is 7.14. The molecule has 0 heterocycles. The van der Waals surface area contributed by atoms with Crippen LogP contribution in [0.15, 0.2) is 128 Å². The van der Waals surface area contributed by atoms with Crippen LogP contribution in [0, 0.1) is 0 Å². The van der Waals surface area contributed by atoms with Crippen molar-refractivity contribution in [2.75, 3.05) is 4.90 Å². The standard InChI is InChI=1S/C36H27NO4/c1-4-33(38)41-30-18-16-29(17-19-30)37(28-14-8-24(9-15-28)22-40-36(39)23(2)3)32-21-13-27-11-10-25-6-5-7-26-12-20-31(32)35(27)34(25)26/h4-21H,1-2,22H2,3H3. The van der Waals surface area contributed by atoms with Gasteiger partial charge in [-0.15, -0.1) is 0 Å². The van der Waals surface area contributed by atoms with Crippen molar-refractivity contribution in [3.8, 4) is 5.75 Å². The Kier molecular flexibility index (Phi) is 6.70. The van der Waals surface area contributed by atoms with E-state index >= 15 is 0 Å². The van der Waals surface area contributed by atoms with Gasteiger partial charge >= 0.3 is 11.9 Å². The molecule has 0 spiro atoms. The summed E-state index contributed by atoms with van der Waals surface area (Å²) in [6.07, 6.45) is 1.14. The number of nitrogens with zero attached hydrogens (tertiary/aromatic N) is 1. The maximum Gasteiger partial charge on any atom is 0.335 e. The van der Waals surface area contributed by atoms with Crippen LogP contribution in [-0.2, 0) is 20.9 Å². The van der Waals surface area contributed by atoms with E-state index in [1.54, 1.807) is 19.1 Å². The Labute approximate surface area is 237 Å². The number of anilines is 3. The number of hydrogen-bond donors (Lipinski definition) is 0. The van der Waals surface area contributed by atoms with Crippen molar-refractivity contribution in [3.63, 3.8) is 0 Å². The molecule has 6 rings (SSSR count).